The van der Waals surface area contributed by atoms with Gasteiger partial charge in [-0.15, -0.1) is 0 Å². The van der Waals surface area contributed by atoms with Crippen LogP contribution in [0.25, 0.3) is 5.52 Å². The Kier molecular flexibility index (Phi) is 3.82. The fraction of sp³-hybridized carbons (Fsp3) is 0.421. The van der Waals surface area contributed by atoms with Gasteiger partial charge in [-0.2, -0.15) is 5.10 Å². The van der Waals surface area contributed by atoms with E-state index in [1.165, 1.54) is 0 Å². The second-order valence-corrected chi connectivity index (χ2v) is 7.65. The maximum atomic E-state index is 4.70. The van der Waals surface area contributed by atoms with Gasteiger partial charge in [0.05, 0.1) is 5.69 Å². The zero-order valence-electron chi connectivity index (χ0n) is 15.0. The van der Waals surface area contributed by atoms with E-state index in [0.29, 0.717) is 6.04 Å². The molecule has 0 saturated carbocycles. The molecular formula is C19H24N6. The SMILES string of the molecule is CC(C)(C)c1cc2c(NC3CCN(c4ccccn4)C3)nccn2n1. The van der Waals surface area contributed by atoms with Crippen molar-refractivity contribution in [3.05, 3.63) is 48.5 Å². The van der Waals surface area contributed by atoms with Crippen LogP contribution >= 0.6 is 0 Å². The van der Waals surface area contributed by atoms with E-state index in [-0.39, 0.29) is 5.41 Å². The quantitative estimate of drug-likeness (QED) is 0.796. The van der Waals surface area contributed by atoms with E-state index in [9.17, 15) is 0 Å². The molecule has 0 spiro atoms. The van der Waals surface area contributed by atoms with E-state index in [4.69, 9.17) is 5.10 Å². The van der Waals surface area contributed by atoms with Gasteiger partial charge in [0.2, 0.25) is 0 Å². The highest BCUT2D eigenvalue weighted by Gasteiger charge is 2.25. The molecule has 4 heterocycles. The average Bonchev–Trinajstić information content (AvgIpc) is 3.22. The number of aromatic nitrogens is 4. The number of hydrogen-bond acceptors (Lipinski definition) is 5. The van der Waals surface area contributed by atoms with Crippen LogP contribution in [-0.2, 0) is 5.41 Å². The Morgan fingerprint density at radius 2 is 2.04 bits per heavy atom. The lowest BCUT2D eigenvalue weighted by atomic mass is 9.92. The first kappa shape index (κ1) is 15.9. The van der Waals surface area contributed by atoms with E-state index < -0.39 is 0 Å². The Bertz CT molecular complexity index is 865. The molecule has 1 unspecified atom stereocenters. The Balaban J connectivity index is 1.54. The molecule has 6 nitrogen and oxygen atoms in total. The third-order valence-electron chi connectivity index (χ3n) is 4.66. The highest BCUT2D eigenvalue weighted by molar-refractivity contribution is 5.68. The normalized spacial score (nSPS) is 18.0. The van der Waals surface area contributed by atoms with Crippen molar-refractivity contribution in [3.8, 4) is 0 Å². The predicted molar refractivity (Wildman–Crippen MR) is 100 cm³/mol. The molecule has 3 aromatic heterocycles. The summed E-state index contributed by atoms with van der Waals surface area (Å²) in [6.07, 6.45) is 6.63. The Morgan fingerprint density at radius 3 is 2.80 bits per heavy atom. The number of anilines is 2. The zero-order valence-corrected chi connectivity index (χ0v) is 15.0. The van der Waals surface area contributed by atoms with Crippen LogP contribution in [0.1, 0.15) is 32.9 Å². The van der Waals surface area contributed by atoms with Crippen LogP contribution in [-0.4, -0.2) is 38.7 Å². The van der Waals surface area contributed by atoms with Crippen molar-refractivity contribution in [1.29, 1.82) is 0 Å². The first-order valence-corrected chi connectivity index (χ1v) is 8.78. The molecule has 25 heavy (non-hydrogen) atoms. The monoisotopic (exact) mass is 336 g/mol. The zero-order chi connectivity index (χ0) is 17.4. The average molecular weight is 336 g/mol. The maximum Gasteiger partial charge on any atom is 0.152 e. The second kappa shape index (κ2) is 6.02. The van der Waals surface area contributed by atoms with Crippen LogP contribution in [0.4, 0.5) is 11.6 Å². The van der Waals surface area contributed by atoms with Crippen molar-refractivity contribution in [3.63, 3.8) is 0 Å². The minimum Gasteiger partial charge on any atom is -0.364 e. The molecule has 130 valence electrons. The summed E-state index contributed by atoms with van der Waals surface area (Å²) in [7, 11) is 0. The van der Waals surface area contributed by atoms with Gasteiger partial charge in [0.15, 0.2) is 5.82 Å². The summed E-state index contributed by atoms with van der Waals surface area (Å²) in [4.78, 5) is 11.3. The Labute approximate surface area is 147 Å². The minimum atomic E-state index is 0.0203. The summed E-state index contributed by atoms with van der Waals surface area (Å²) in [5.74, 6) is 1.94. The summed E-state index contributed by atoms with van der Waals surface area (Å²) in [6.45, 7) is 8.47. The van der Waals surface area contributed by atoms with Crippen LogP contribution < -0.4 is 10.2 Å². The molecule has 1 atom stereocenters. The topological polar surface area (TPSA) is 58.3 Å². The molecule has 1 aliphatic heterocycles. The largest absolute Gasteiger partial charge is 0.364 e. The second-order valence-electron chi connectivity index (χ2n) is 7.65. The van der Waals surface area contributed by atoms with Gasteiger partial charge in [0, 0.05) is 43.1 Å². The van der Waals surface area contributed by atoms with Crippen LogP contribution in [0, 0.1) is 0 Å². The van der Waals surface area contributed by atoms with Gasteiger partial charge in [0.1, 0.15) is 11.3 Å². The summed E-state index contributed by atoms with van der Waals surface area (Å²) < 4.78 is 1.92. The van der Waals surface area contributed by atoms with Gasteiger partial charge in [0.25, 0.3) is 0 Å². The lowest BCUT2D eigenvalue weighted by molar-refractivity contribution is 0.562. The maximum absolute atomic E-state index is 4.70. The smallest absolute Gasteiger partial charge is 0.152 e. The first-order chi connectivity index (χ1) is 12.0. The van der Waals surface area contributed by atoms with Gasteiger partial charge < -0.3 is 10.2 Å². The van der Waals surface area contributed by atoms with E-state index in [1.807, 2.05) is 29.0 Å². The van der Waals surface area contributed by atoms with Crippen molar-refractivity contribution in [1.82, 2.24) is 19.6 Å². The van der Waals surface area contributed by atoms with Crippen LogP contribution in [0.3, 0.4) is 0 Å². The van der Waals surface area contributed by atoms with Gasteiger partial charge in [-0.1, -0.05) is 26.8 Å². The van der Waals surface area contributed by atoms with Crippen LogP contribution in [0.5, 0.6) is 0 Å². The fourth-order valence-corrected chi connectivity index (χ4v) is 3.22. The van der Waals surface area contributed by atoms with Gasteiger partial charge >= 0.3 is 0 Å². The van der Waals surface area contributed by atoms with E-state index in [1.54, 1.807) is 6.20 Å². The lowest BCUT2D eigenvalue weighted by Gasteiger charge is -2.18. The molecule has 1 N–H and O–H groups in total. The predicted octanol–water partition coefficient (Wildman–Crippen LogP) is 3.11. The molecule has 0 bridgehead atoms. The van der Waals surface area contributed by atoms with Crippen molar-refractivity contribution < 1.29 is 0 Å². The summed E-state index contributed by atoms with van der Waals surface area (Å²) >= 11 is 0. The van der Waals surface area contributed by atoms with Crippen molar-refractivity contribution >= 4 is 17.2 Å². The number of pyridine rings is 1. The highest BCUT2D eigenvalue weighted by atomic mass is 15.3. The number of rotatable bonds is 3. The summed E-state index contributed by atoms with van der Waals surface area (Å²) in [5.41, 5.74) is 2.13. The Morgan fingerprint density at radius 1 is 1.16 bits per heavy atom. The molecule has 4 rings (SSSR count). The molecule has 3 aromatic rings. The number of fused-ring (bicyclic) bond motifs is 1. The van der Waals surface area contributed by atoms with Crippen molar-refractivity contribution in [2.45, 2.75) is 38.6 Å². The van der Waals surface area contributed by atoms with Crippen LogP contribution in [0.15, 0.2) is 42.9 Å². The van der Waals surface area contributed by atoms with Gasteiger partial charge in [-0.25, -0.2) is 14.5 Å². The fourth-order valence-electron chi connectivity index (χ4n) is 3.22. The molecule has 0 aromatic carbocycles. The number of hydrogen-bond donors (Lipinski definition) is 1. The minimum absolute atomic E-state index is 0.0203. The molecule has 6 heteroatoms. The van der Waals surface area contributed by atoms with E-state index >= 15 is 0 Å². The molecule has 1 saturated heterocycles. The summed E-state index contributed by atoms with van der Waals surface area (Å²) in [5, 5.41) is 8.30. The third-order valence-corrected chi connectivity index (χ3v) is 4.66. The molecule has 1 aliphatic rings. The summed E-state index contributed by atoms with van der Waals surface area (Å²) in [6, 6.07) is 8.54. The van der Waals surface area contributed by atoms with Crippen molar-refractivity contribution in [2.75, 3.05) is 23.3 Å². The number of nitrogens with one attached hydrogen (secondary N) is 1. The molecule has 1 fully saturated rings. The highest BCUT2D eigenvalue weighted by Crippen LogP contribution is 2.26. The molecular weight excluding hydrogens is 312 g/mol. The first-order valence-electron chi connectivity index (χ1n) is 8.78. The Hall–Kier alpha value is -2.63. The lowest BCUT2D eigenvalue weighted by Crippen LogP contribution is -2.27. The molecule has 0 amide bonds. The van der Waals surface area contributed by atoms with E-state index in [2.05, 4.69) is 53.1 Å². The third kappa shape index (κ3) is 3.16. The molecule has 0 aliphatic carbocycles. The number of nitrogens with zero attached hydrogens (tertiary/aromatic N) is 5. The van der Waals surface area contributed by atoms with Gasteiger partial charge in [-0.05, 0) is 24.6 Å². The van der Waals surface area contributed by atoms with E-state index in [0.717, 1.165) is 42.4 Å². The van der Waals surface area contributed by atoms with Gasteiger partial charge in [-0.3, -0.25) is 0 Å². The van der Waals surface area contributed by atoms with Crippen molar-refractivity contribution in [2.24, 2.45) is 0 Å². The standard InChI is InChI=1S/C19H24N6/c1-19(2,3)16-12-15-18(21-9-11-25(15)23-16)22-14-7-10-24(13-14)17-6-4-5-8-20-17/h4-6,8-9,11-12,14H,7,10,13H2,1-3H3,(H,21,22). The molecule has 0 radical (unpaired) electrons. The van der Waals surface area contributed by atoms with Crippen LogP contribution in [0.2, 0.25) is 0 Å².